The van der Waals surface area contributed by atoms with Gasteiger partial charge >= 0.3 is 0 Å². The molecule has 1 saturated heterocycles. The lowest BCUT2D eigenvalue weighted by Crippen LogP contribution is -2.46. The maximum absolute atomic E-state index is 14.2. The van der Waals surface area contributed by atoms with E-state index in [1.165, 1.54) is 0 Å². The van der Waals surface area contributed by atoms with Crippen LogP contribution >= 0.6 is 0 Å². The summed E-state index contributed by atoms with van der Waals surface area (Å²) in [5.41, 5.74) is 0.807. The van der Waals surface area contributed by atoms with E-state index in [0.29, 0.717) is 12.2 Å². The van der Waals surface area contributed by atoms with E-state index in [1.807, 2.05) is 37.9 Å². The Labute approximate surface area is 114 Å². The monoisotopic (exact) mass is 266 g/mol. The Hall–Kier alpha value is -1.13. The standard InChI is InChI=1S/C15H23FN2O/c1-11(17-3)12-5-6-14(13(16)9-12)18-8-4-7-15(2,19)10-18/h5-6,9,11,17,19H,4,7-8,10H2,1-3H3. The highest BCUT2D eigenvalue weighted by Crippen LogP contribution is 2.29. The smallest absolute Gasteiger partial charge is 0.146 e. The molecule has 0 bridgehead atoms. The summed E-state index contributed by atoms with van der Waals surface area (Å²) in [6, 6.07) is 5.48. The summed E-state index contributed by atoms with van der Waals surface area (Å²) in [5, 5.41) is 13.2. The van der Waals surface area contributed by atoms with Crippen LogP contribution in [0.5, 0.6) is 0 Å². The summed E-state index contributed by atoms with van der Waals surface area (Å²) in [6.07, 6.45) is 1.67. The van der Waals surface area contributed by atoms with Crippen molar-refractivity contribution >= 4 is 5.69 Å². The van der Waals surface area contributed by atoms with E-state index < -0.39 is 5.60 Å². The Morgan fingerprint density at radius 1 is 1.47 bits per heavy atom. The third kappa shape index (κ3) is 3.25. The van der Waals surface area contributed by atoms with Gasteiger partial charge in [0.05, 0.1) is 11.3 Å². The van der Waals surface area contributed by atoms with Crippen LogP contribution < -0.4 is 10.2 Å². The molecule has 2 rings (SSSR count). The molecule has 1 fully saturated rings. The molecule has 2 atom stereocenters. The Morgan fingerprint density at radius 3 is 2.79 bits per heavy atom. The second-order valence-electron chi connectivity index (χ2n) is 5.74. The number of hydrogen-bond acceptors (Lipinski definition) is 3. The highest BCUT2D eigenvalue weighted by molar-refractivity contribution is 5.50. The summed E-state index contributed by atoms with van der Waals surface area (Å²) < 4.78 is 14.2. The van der Waals surface area contributed by atoms with Gasteiger partial charge in [-0.25, -0.2) is 4.39 Å². The summed E-state index contributed by atoms with van der Waals surface area (Å²) >= 11 is 0. The number of rotatable bonds is 3. The predicted molar refractivity (Wildman–Crippen MR) is 75.9 cm³/mol. The van der Waals surface area contributed by atoms with Crippen molar-refractivity contribution in [1.29, 1.82) is 0 Å². The zero-order valence-electron chi connectivity index (χ0n) is 11.9. The van der Waals surface area contributed by atoms with Crippen molar-refractivity contribution < 1.29 is 9.50 Å². The second-order valence-corrected chi connectivity index (χ2v) is 5.74. The second kappa shape index (κ2) is 5.47. The molecule has 0 saturated carbocycles. The first-order valence-electron chi connectivity index (χ1n) is 6.87. The van der Waals surface area contributed by atoms with Gasteiger partial charge in [0, 0.05) is 19.1 Å². The van der Waals surface area contributed by atoms with Crippen LogP contribution in [0.2, 0.25) is 0 Å². The highest BCUT2D eigenvalue weighted by Gasteiger charge is 2.29. The predicted octanol–water partition coefficient (Wildman–Crippen LogP) is 2.46. The molecule has 0 radical (unpaired) electrons. The molecule has 3 nitrogen and oxygen atoms in total. The van der Waals surface area contributed by atoms with Gasteiger partial charge < -0.3 is 15.3 Å². The zero-order valence-corrected chi connectivity index (χ0v) is 11.9. The van der Waals surface area contributed by atoms with Crippen LogP contribution in [0, 0.1) is 5.82 Å². The normalized spacial score (nSPS) is 25.4. The third-order valence-corrected chi connectivity index (χ3v) is 3.92. The molecular weight excluding hydrogens is 243 g/mol. The first-order valence-corrected chi connectivity index (χ1v) is 6.87. The van der Waals surface area contributed by atoms with E-state index in [9.17, 15) is 9.50 Å². The van der Waals surface area contributed by atoms with E-state index in [2.05, 4.69) is 5.32 Å². The van der Waals surface area contributed by atoms with Crippen LogP contribution in [0.1, 0.15) is 38.3 Å². The molecule has 1 aliphatic rings. The molecule has 0 amide bonds. The molecule has 1 aliphatic heterocycles. The average molecular weight is 266 g/mol. The molecule has 0 aliphatic carbocycles. The Kier molecular flexibility index (Phi) is 4.11. The molecule has 19 heavy (non-hydrogen) atoms. The molecule has 1 aromatic carbocycles. The maximum atomic E-state index is 14.2. The zero-order chi connectivity index (χ0) is 14.0. The number of aliphatic hydroxyl groups is 1. The Balaban J connectivity index is 2.21. The summed E-state index contributed by atoms with van der Waals surface area (Å²) in [4.78, 5) is 1.94. The summed E-state index contributed by atoms with van der Waals surface area (Å²) in [7, 11) is 1.86. The van der Waals surface area contributed by atoms with Gasteiger partial charge in [0.25, 0.3) is 0 Å². The van der Waals surface area contributed by atoms with E-state index in [4.69, 9.17) is 0 Å². The lowest BCUT2D eigenvalue weighted by atomic mass is 9.94. The van der Waals surface area contributed by atoms with E-state index in [0.717, 1.165) is 24.9 Å². The topological polar surface area (TPSA) is 35.5 Å². The van der Waals surface area contributed by atoms with E-state index in [1.54, 1.807) is 6.07 Å². The van der Waals surface area contributed by atoms with Gasteiger partial charge in [0.1, 0.15) is 5.82 Å². The van der Waals surface area contributed by atoms with Gasteiger partial charge in [0.15, 0.2) is 0 Å². The fourth-order valence-electron chi connectivity index (χ4n) is 2.64. The maximum Gasteiger partial charge on any atom is 0.146 e. The van der Waals surface area contributed by atoms with E-state index >= 15 is 0 Å². The number of piperidine rings is 1. The molecular formula is C15H23FN2O. The fourth-order valence-corrected chi connectivity index (χ4v) is 2.64. The minimum Gasteiger partial charge on any atom is -0.388 e. The number of nitrogens with zero attached hydrogens (tertiary/aromatic N) is 1. The molecule has 0 aromatic heterocycles. The minimum absolute atomic E-state index is 0.132. The molecule has 106 valence electrons. The average Bonchev–Trinajstić information content (AvgIpc) is 2.36. The van der Waals surface area contributed by atoms with Gasteiger partial charge in [-0.1, -0.05) is 6.07 Å². The van der Waals surface area contributed by atoms with Gasteiger partial charge in [-0.2, -0.15) is 0 Å². The highest BCUT2D eigenvalue weighted by atomic mass is 19.1. The number of nitrogens with one attached hydrogen (secondary N) is 1. The number of β-amino-alcohol motifs (C(OH)–C–C–N with tert-alkyl or cyclic N) is 1. The first-order chi connectivity index (χ1) is 8.93. The first kappa shape index (κ1) is 14.3. The number of halogens is 1. The molecule has 2 N–H and O–H groups in total. The minimum atomic E-state index is -0.721. The summed E-state index contributed by atoms with van der Waals surface area (Å²) in [5.74, 6) is -0.211. The SMILES string of the molecule is CNC(C)c1ccc(N2CCCC(C)(O)C2)c(F)c1. The number of hydrogen-bond donors (Lipinski definition) is 2. The largest absolute Gasteiger partial charge is 0.388 e. The van der Waals surface area contributed by atoms with Crippen molar-refractivity contribution in [1.82, 2.24) is 5.32 Å². The number of benzene rings is 1. The quantitative estimate of drug-likeness (QED) is 0.882. The summed E-state index contributed by atoms with van der Waals surface area (Å²) in [6.45, 7) is 5.10. The third-order valence-electron chi connectivity index (χ3n) is 3.92. The lowest BCUT2D eigenvalue weighted by Gasteiger charge is -2.38. The molecule has 2 unspecified atom stereocenters. The molecule has 1 heterocycles. The van der Waals surface area contributed by atoms with Crippen LogP contribution in [0.15, 0.2) is 18.2 Å². The van der Waals surface area contributed by atoms with Crippen molar-refractivity contribution in [3.05, 3.63) is 29.6 Å². The van der Waals surface area contributed by atoms with Crippen LogP contribution in [-0.4, -0.2) is 30.8 Å². The Morgan fingerprint density at radius 2 is 2.21 bits per heavy atom. The van der Waals surface area contributed by atoms with Crippen molar-refractivity contribution in [3.63, 3.8) is 0 Å². The van der Waals surface area contributed by atoms with Crippen molar-refractivity contribution in [3.8, 4) is 0 Å². The van der Waals surface area contributed by atoms with Crippen LogP contribution in [0.3, 0.4) is 0 Å². The van der Waals surface area contributed by atoms with Crippen LogP contribution in [-0.2, 0) is 0 Å². The van der Waals surface area contributed by atoms with E-state index in [-0.39, 0.29) is 11.9 Å². The van der Waals surface area contributed by atoms with Gasteiger partial charge in [-0.3, -0.25) is 0 Å². The van der Waals surface area contributed by atoms with Crippen molar-refractivity contribution in [2.45, 2.75) is 38.3 Å². The van der Waals surface area contributed by atoms with Gasteiger partial charge in [-0.15, -0.1) is 0 Å². The Bertz CT molecular complexity index is 448. The van der Waals surface area contributed by atoms with Gasteiger partial charge in [-0.05, 0) is 51.4 Å². The molecule has 0 spiro atoms. The lowest BCUT2D eigenvalue weighted by molar-refractivity contribution is 0.0447. The molecule has 4 heteroatoms. The van der Waals surface area contributed by atoms with Crippen molar-refractivity contribution in [2.24, 2.45) is 0 Å². The number of anilines is 1. The fraction of sp³-hybridized carbons (Fsp3) is 0.600. The van der Waals surface area contributed by atoms with Gasteiger partial charge in [0.2, 0.25) is 0 Å². The van der Waals surface area contributed by atoms with Crippen LogP contribution in [0.25, 0.3) is 0 Å². The van der Waals surface area contributed by atoms with Crippen molar-refractivity contribution in [2.75, 3.05) is 25.0 Å². The molecule has 1 aromatic rings. The van der Waals surface area contributed by atoms with Crippen LogP contribution in [0.4, 0.5) is 10.1 Å².